The molecular weight excluding hydrogens is 519 g/mol. The Balaban J connectivity index is 1.79. The van der Waals surface area contributed by atoms with Crippen LogP contribution in [0.2, 0.25) is 10.0 Å². The molecule has 3 rings (SSSR count). The smallest absolute Gasteiger partial charge is 0.251 e. The van der Waals surface area contributed by atoms with E-state index < -0.39 is 0 Å². The second-order valence-corrected chi connectivity index (χ2v) is 10.00. The summed E-state index contributed by atoms with van der Waals surface area (Å²) in [6, 6.07) is 12.8. The monoisotopic (exact) mass is 540 g/mol. The normalized spacial score (nSPS) is 12.2. The van der Waals surface area contributed by atoms with Gasteiger partial charge in [-0.3, -0.25) is 4.79 Å². The predicted octanol–water partition coefficient (Wildman–Crippen LogP) is 6.79. The van der Waals surface area contributed by atoms with Crippen LogP contribution >= 0.6 is 50.9 Å². The van der Waals surface area contributed by atoms with Gasteiger partial charge < -0.3 is 9.88 Å². The molecule has 164 valence electrons. The molecule has 9 heteroatoms. The number of hydrogen-bond donors (Lipinski definition) is 1. The van der Waals surface area contributed by atoms with Gasteiger partial charge in [-0.25, -0.2) is 0 Å². The van der Waals surface area contributed by atoms with E-state index in [0.29, 0.717) is 22.2 Å². The number of aromatic nitrogens is 3. The maximum atomic E-state index is 12.9. The first kappa shape index (κ1) is 24.1. The van der Waals surface area contributed by atoms with Gasteiger partial charge in [-0.1, -0.05) is 76.9 Å². The van der Waals surface area contributed by atoms with Crippen LogP contribution in [0.1, 0.15) is 48.6 Å². The van der Waals surface area contributed by atoms with Crippen LogP contribution in [0.5, 0.6) is 0 Å². The average Bonchev–Trinajstić information content (AvgIpc) is 3.15. The first-order chi connectivity index (χ1) is 14.8. The van der Waals surface area contributed by atoms with Crippen molar-refractivity contribution in [2.24, 2.45) is 5.92 Å². The van der Waals surface area contributed by atoms with Crippen LogP contribution in [-0.2, 0) is 12.3 Å². The lowest BCUT2D eigenvalue weighted by atomic mass is 10.0. The van der Waals surface area contributed by atoms with E-state index >= 15 is 0 Å². The van der Waals surface area contributed by atoms with E-state index in [1.54, 1.807) is 30.0 Å². The quantitative estimate of drug-likeness (QED) is 0.319. The Labute approximate surface area is 205 Å². The minimum atomic E-state index is -0.295. The molecule has 1 N–H and O–H groups in total. The predicted molar refractivity (Wildman–Crippen MR) is 131 cm³/mol. The summed E-state index contributed by atoms with van der Waals surface area (Å²) in [6.07, 6.45) is 0. The molecule has 0 aliphatic rings. The molecule has 1 heterocycles. The Hall–Kier alpha value is -1.54. The zero-order valence-corrected chi connectivity index (χ0v) is 21.3. The highest BCUT2D eigenvalue weighted by Gasteiger charge is 2.26. The van der Waals surface area contributed by atoms with Crippen LogP contribution in [0.25, 0.3) is 0 Å². The van der Waals surface area contributed by atoms with Gasteiger partial charge >= 0.3 is 0 Å². The standard InChI is InChI=1S/C22H23BrCl2N4OS/c1-4-29-20(27-28-22(29)31-12-14-5-8-16(23)9-6-14)19(13(2)3)26-21(30)15-7-10-17(24)18(25)11-15/h5-11,13,19H,4,12H2,1-3H3,(H,26,30)/t19-/m1/s1. The van der Waals surface area contributed by atoms with E-state index in [-0.39, 0.29) is 17.9 Å². The number of nitrogens with one attached hydrogen (secondary N) is 1. The van der Waals surface area contributed by atoms with Gasteiger partial charge in [0.1, 0.15) is 0 Å². The molecule has 0 radical (unpaired) electrons. The summed E-state index contributed by atoms with van der Waals surface area (Å²) in [7, 11) is 0. The van der Waals surface area contributed by atoms with E-state index in [0.717, 1.165) is 21.2 Å². The third-order valence-corrected chi connectivity index (χ3v) is 7.06. The molecular formula is C22H23BrCl2N4OS. The Kier molecular flexibility index (Phi) is 8.44. The van der Waals surface area contributed by atoms with Crippen molar-refractivity contribution in [2.45, 2.75) is 44.3 Å². The number of carbonyl (C=O) groups excluding carboxylic acids is 1. The fraction of sp³-hybridized carbons (Fsp3) is 0.318. The summed E-state index contributed by atoms with van der Waals surface area (Å²) in [5.74, 6) is 1.41. The molecule has 0 spiro atoms. The van der Waals surface area contributed by atoms with Crippen molar-refractivity contribution in [1.82, 2.24) is 20.1 Å². The molecule has 2 aromatic carbocycles. The molecule has 0 bridgehead atoms. The molecule has 5 nitrogen and oxygen atoms in total. The van der Waals surface area contributed by atoms with Crippen LogP contribution in [-0.4, -0.2) is 20.7 Å². The van der Waals surface area contributed by atoms with Crippen LogP contribution in [0.3, 0.4) is 0 Å². The number of hydrogen-bond acceptors (Lipinski definition) is 4. The summed E-state index contributed by atoms with van der Waals surface area (Å²) >= 11 is 17.1. The first-order valence-electron chi connectivity index (χ1n) is 9.86. The molecule has 0 unspecified atom stereocenters. The molecule has 0 saturated carbocycles. The van der Waals surface area contributed by atoms with Gasteiger partial charge in [-0.15, -0.1) is 10.2 Å². The lowest BCUT2D eigenvalue weighted by Gasteiger charge is -2.22. The fourth-order valence-electron chi connectivity index (χ4n) is 3.05. The van der Waals surface area contributed by atoms with Crippen molar-refractivity contribution < 1.29 is 4.79 Å². The zero-order valence-electron chi connectivity index (χ0n) is 17.4. The Morgan fingerprint density at radius 3 is 2.45 bits per heavy atom. The Morgan fingerprint density at radius 2 is 1.84 bits per heavy atom. The van der Waals surface area contributed by atoms with Crippen LogP contribution in [0.4, 0.5) is 0 Å². The second kappa shape index (κ2) is 10.9. The number of rotatable bonds is 8. The number of nitrogens with zero attached hydrogens (tertiary/aromatic N) is 3. The minimum absolute atomic E-state index is 0.116. The largest absolute Gasteiger partial charge is 0.342 e. The molecule has 1 atom stereocenters. The van der Waals surface area contributed by atoms with Crippen LogP contribution in [0.15, 0.2) is 52.1 Å². The molecule has 0 saturated heterocycles. The highest BCUT2D eigenvalue weighted by atomic mass is 79.9. The van der Waals surface area contributed by atoms with E-state index in [2.05, 4.69) is 55.1 Å². The van der Waals surface area contributed by atoms with Gasteiger partial charge in [0.25, 0.3) is 5.91 Å². The molecule has 1 aromatic heterocycles. The van der Waals surface area contributed by atoms with Gasteiger partial charge in [0.15, 0.2) is 11.0 Å². The van der Waals surface area contributed by atoms with Crippen molar-refractivity contribution in [3.63, 3.8) is 0 Å². The molecule has 1 amide bonds. The number of thioether (sulfide) groups is 1. The Bertz CT molecular complexity index is 1060. The number of halogens is 3. The lowest BCUT2D eigenvalue weighted by Crippen LogP contribution is -2.33. The van der Waals surface area contributed by atoms with E-state index in [4.69, 9.17) is 23.2 Å². The summed E-state index contributed by atoms with van der Waals surface area (Å²) in [4.78, 5) is 12.9. The molecule has 3 aromatic rings. The molecule has 0 aliphatic heterocycles. The molecule has 0 aliphatic carbocycles. The van der Waals surface area contributed by atoms with Crippen molar-refractivity contribution in [2.75, 3.05) is 0 Å². The highest BCUT2D eigenvalue weighted by molar-refractivity contribution is 9.10. The Morgan fingerprint density at radius 1 is 1.13 bits per heavy atom. The minimum Gasteiger partial charge on any atom is -0.342 e. The van der Waals surface area contributed by atoms with Crippen molar-refractivity contribution >= 4 is 56.8 Å². The molecule has 31 heavy (non-hydrogen) atoms. The fourth-order valence-corrected chi connectivity index (χ4v) is 4.58. The summed E-state index contributed by atoms with van der Waals surface area (Å²) in [5.41, 5.74) is 1.65. The van der Waals surface area contributed by atoms with Gasteiger partial charge in [-0.05, 0) is 48.7 Å². The van der Waals surface area contributed by atoms with Gasteiger partial charge in [0.2, 0.25) is 0 Å². The average molecular weight is 542 g/mol. The number of benzene rings is 2. The SMILES string of the molecule is CCn1c(SCc2ccc(Br)cc2)nnc1[C@H](NC(=O)c1ccc(Cl)c(Cl)c1)C(C)C. The number of amides is 1. The van der Waals surface area contributed by atoms with Gasteiger partial charge in [-0.2, -0.15) is 0 Å². The number of carbonyl (C=O) groups is 1. The van der Waals surface area contributed by atoms with Crippen molar-refractivity contribution in [3.05, 3.63) is 73.9 Å². The highest BCUT2D eigenvalue weighted by Crippen LogP contribution is 2.28. The second-order valence-electron chi connectivity index (χ2n) is 7.32. The maximum Gasteiger partial charge on any atom is 0.251 e. The summed E-state index contributed by atoms with van der Waals surface area (Å²) in [6.45, 7) is 6.85. The van der Waals surface area contributed by atoms with Gasteiger partial charge in [0, 0.05) is 22.3 Å². The van der Waals surface area contributed by atoms with E-state index in [1.807, 2.05) is 26.0 Å². The molecule has 0 fully saturated rings. The lowest BCUT2D eigenvalue weighted by molar-refractivity contribution is 0.0922. The van der Waals surface area contributed by atoms with Crippen molar-refractivity contribution in [1.29, 1.82) is 0 Å². The van der Waals surface area contributed by atoms with Crippen LogP contribution < -0.4 is 5.32 Å². The van der Waals surface area contributed by atoms with Gasteiger partial charge in [0.05, 0.1) is 16.1 Å². The van der Waals surface area contributed by atoms with E-state index in [9.17, 15) is 4.79 Å². The third-order valence-electron chi connectivity index (χ3n) is 4.76. The first-order valence-corrected chi connectivity index (χ1v) is 12.4. The zero-order chi connectivity index (χ0) is 22.5. The van der Waals surface area contributed by atoms with Crippen molar-refractivity contribution in [3.8, 4) is 0 Å². The maximum absolute atomic E-state index is 12.9. The summed E-state index contributed by atoms with van der Waals surface area (Å²) in [5, 5.41) is 13.5. The topological polar surface area (TPSA) is 59.8 Å². The third kappa shape index (κ3) is 6.04. The van der Waals surface area contributed by atoms with Crippen LogP contribution in [0, 0.1) is 5.92 Å². The van der Waals surface area contributed by atoms with E-state index in [1.165, 1.54) is 5.56 Å². The summed E-state index contributed by atoms with van der Waals surface area (Å²) < 4.78 is 3.11.